The highest BCUT2D eigenvalue weighted by Crippen LogP contribution is 2.39. The van der Waals surface area contributed by atoms with Crippen LogP contribution < -0.4 is 0 Å². The molecule has 47 heavy (non-hydrogen) atoms. The summed E-state index contributed by atoms with van der Waals surface area (Å²) in [5, 5.41) is 0. The minimum absolute atomic E-state index is 0.0281. The van der Waals surface area contributed by atoms with E-state index in [2.05, 4.69) is 0 Å². The van der Waals surface area contributed by atoms with Crippen LogP contribution in [0.1, 0.15) is 46.2 Å². The first-order valence-corrected chi connectivity index (χ1v) is 16.0. The van der Waals surface area contributed by atoms with Crippen molar-refractivity contribution in [1.82, 2.24) is 0 Å². The van der Waals surface area contributed by atoms with Crippen molar-refractivity contribution >= 4 is 32.1 Å². The van der Waals surface area contributed by atoms with Gasteiger partial charge < -0.3 is 0 Å². The standard InChI is InChI=1S/C36H22F8O2S/c37-29-9-7-19(11-35(29)43)23-3-1-5-25(23)21-13-31(39)27(32(40)14-21)17-47(45,46)18-28-33(41)15-22(16-34(28)42)26-6-2-4-24(26)20-8-10-30(38)36(44)12-20/h3-16H,1-2,17-18H2. The zero-order valence-corrected chi connectivity index (χ0v) is 25.0. The molecule has 0 heterocycles. The molecule has 0 N–H and O–H groups in total. The third kappa shape index (κ3) is 6.44. The van der Waals surface area contributed by atoms with E-state index in [1.54, 1.807) is 24.3 Å². The van der Waals surface area contributed by atoms with E-state index in [1.807, 2.05) is 0 Å². The van der Waals surface area contributed by atoms with Gasteiger partial charge in [-0.05, 0) is 106 Å². The van der Waals surface area contributed by atoms with E-state index in [0.717, 1.165) is 48.5 Å². The average Bonchev–Trinajstić information content (AvgIpc) is 3.70. The van der Waals surface area contributed by atoms with Gasteiger partial charge in [-0.15, -0.1) is 0 Å². The predicted molar refractivity (Wildman–Crippen MR) is 163 cm³/mol. The maximum Gasteiger partial charge on any atom is 0.159 e. The number of hydrogen-bond acceptors (Lipinski definition) is 2. The van der Waals surface area contributed by atoms with Crippen LogP contribution in [-0.2, 0) is 21.3 Å². The van der Waals surface area contributed by atoms with Crippen LogP contribution in [0, 0.1) is 46.5 Å². The summed E-state index contributed by atoms with van der Waals surface area (Å²) in [5.41, 5.74) is 0.394. The molecule has 0 saturated carbocycles. The largest absolute Gasteiger partial charge is 0.228 e. The third-order valence-corrected chi connectivity index (χ3v) is 9.42. The number of allylic oxidation sites excluding steroid dienone is 8. The fourth-order valence-corrected chi connectivity index (χ4v) is 7.27. The maximum atomic E-state index is 15.2. The second-order valence-electron chi connectivity index (χ2n) is 11.1. The summed E-state index contributed by atoms with van der Waals surface area (Å²) in [5.74, 6) is -11.6. The lowest BCUT2D eigenvalue weighted by Crippen LogP contribution is -2.13. The van der Waals surface area contributed by atoms with Crippen LogP contribution in [0.3, 0.4) is 0 Å². The number of rotatable bonds is 8. The van der Waals surface area contributed by atoms with E-state index in [0.29, 0.717) is 35.1 Å². The van der Waals surface area contributed by atoms with Gasteiger partial charge in [0.2, 0.25) is 0 Å². The molecule has 0 fully saturated rings. The Morgan fingerprint density at radius 1 is 0.404 bits per heavy atom. The Labute approximate surface area is 264 Å². The summed E-state index contributed by atoms with van der Waals surface area (Å²) in [7, 11) is -4.53. The molecule has 0 bridgehead atoms. The zero-order chi connectivity index (χ0) is 33.6. The van der Waals surface area contributed by atoms with Gasteiger partial charge >= 0.3 is 0 Å². The molecule has 0 unspecified atom stereocenters. The Morgan fingerprint density at radius 3 is 1.02 bits per heavy atom. The van der Waals surface area contributed by atoms with Crippen molar-refractivity contribution in [2.45, 2.75) is 24.3 Å². The fraction of sp³-hybridized carbons (Fsp3) is 0.111. The number of hydrogen-bond donors (Lipinski definition) is 0. The molecule has 0 aliphatic heterocycles. The van der Waals surface area contributed by atoms with E-state index in [9.17, 15) is 26.0 Å². The topological polar surface area (TPSA) is 34.1 Å². The van der Waals surface area contributed by atoms with Crippen LogP contribution in [0.25, 0.3) is 22.3 Å². The summed E-state index contributed by atoms with van der Waals surface area (Å²) in [4.78, 5) is 0. The summed E-state index contributed by atoms with van der Waals surface area (Å²) >= 11 is 0. The van der Waals surface area contributed by atoms with Gasteiger partial charge in [0, 0.05) is 11.1 Å². The van der Waals surface area contributed by atoms with Gasteiger partial charge in [-0.1, -0.05) is 36.4 Å². The quantitative estimate of drug-likeness (QED) is 0.175. The smallest absolute Gasteiger partial charge is 0.159 e. The second kappa shape index (κ2) is 12.4. The van der Waals surface area contributed by atoms with Gasteiger partial charge in [0.05, 0.1) is 11.5 Å². The molecule has 11 heteroatoms. The number of sulfone groups is 1. The van der Waals surface area contributed by atoms with Crippen molar-refractivity contribution in [2.24, 2.45) is 0 Å². The Hall–Kier alpha value is -4.77. The SMILES string of the molecule is O=S(=O)(Cc1c(F)cc(C2=CCC=C2c2ccc(F)c(F)c2)cc1F)Cc1c(F)cc(C2=CCC=C2c2ccc(F)c(F)c2)cc1F. The first kappa shape index (κ1) is 32.2. The Kier molecular flexibility index (Phi) is 8.52. The highest BCUT2D eigenvalue weighted by Gasteiger charge is 2.26. The molecule has 2 nitrogen and oxygen atoms in total. The van der Waals surface area contributed by atoms with E-state index < -0.39 is 79.0 Å². The second-order valence-corrected chi connectivity index (χ2v) is 13.1. The predicted octanol–water partition coefficient (Wildman–Crippen LogP) is 9.66. The number of halogens is 8. The van der Waals surface area contributed by atoms with E-state index in [1.165, 1.54) is 12.1 Å². The summed E-state index contributed by atoms with van der Waals surface area (Å²) in [6.07, 6.45) is 7.25. The minimum Gasteiger partial charge on any atom is -0.228 e. The van der Waals surface area contributed by atoms with Crippen LogP contribution >= 0.6 is 0 Å². The molecule has 0 amide bonds. The van der Waals surface area contributed by atoms with Crippen molar-refractivity contribution < 1.29 is 43.5 Å². The van der Waals surface area contributed by atoms with Gasteiger partial charge in [0.1, 0.15) is 23.3 Å². The molecule has 4 aromatic rings. The molecule has 0 saturated heterocycles. The van der Waals surface area contributed by atoms with Crippen molar-refractivity contribution in [3.05, 3.63) is 165 Å². The highest BCUT2D eigenvalue weighted by molar-refractivity contribution is 7.89. The molecule has 0 aromatic heterocycles. The molecule has 240 valence electrons. The molecule has 0 atom stereocenters. The van der Waals surface area contributed by atoms with Gasteiger partial charge in [-0.25, -0.2) is 43.5 Å². The molecule has 2 aliphatic carbocycles. The summed E-state index contributed by atoms with van der Waals surface area (Å²) in [6, 6.07) is 9.99. The van der Waals surface area contributed by atoms with Gasteiger partial charge in [0.25, 0.3) is 0 Å². The monoisotopic (exact) mass is 670 g/mol. The zero-order valence-electron chi connectivity index (χ0n) is 24.2. The van der Waals surface area contributed by atoms with E-state index >= 15 is 17.6 Å². The van der Waals surface area contributed by atoms with Crippen LogP contribution in [0.15, 0.2) is 85.0 Å². The summed E-state index contributed by atoms with van der Waals surface area (Å²) < 4.78 is 141. The third-order valence-electron chi connectivity index (χ3n) is 7.96. The lowest BCUT2D eigenvalue weighted by molar-refractivity contribution is 0.508. The molecular weight excluding hydrogens is 648 g/mol. The molecule has 6 rings (SSSR count). The van der Waals surface area contributed by atoms with E-state index in [-0.39, 0.29) is 22.3 Å². The summed E-state index contributed by atoms with van der Waals surface area (Å²) in [6.45, 7) is 0. The van der Waals surface area contributed by atoms with E-state index in [4.69, 9.17) is 0 Å². The van der Waals surface area contributed by atoms with Crippen LogP contribution in [0.5, 0.6) is 0 Å². The highest BCUT2D eigenvalue weighted by atomic mass is 32.2. The molecule has 4 aromatic carbocycles. The molecule has 2 aliphatic rings. The van der Waals surface area contributed by atoms with Crippen LogP contribution in [-0.4, -0.2) is 8.42 Å². The van der Waals surface area contributed by atoms with Crippen molar-refractivity contribution in [3.8, 4) is 0 Å². The first-order valence-electron chi connectivity index (χ1n) is 14.2. The average molecular weight is 671 g/mol. The number of benzene rings is 4. The lowest BCUT2D eigenvalue weighted by atomic mass is 9.94. The van der Waals surface area contributed by atoms with Gasteiger partial charge in [0.15, 0.2) is 33.1 Å². The van der Waals surface area contributed by atoms with Crippen molar-refractivity contribution in [3.63, 3.8) is 0 Å². The maximum absolute atomic E-state index is 15.2. The first-order chi connectivity index (χ1) is 22.3. The minimum atomic E-state index is -4.53. The fourth-order valence-electron chi connectivity index (χ4n) is 5.73. The lowest BCUT2D eigenvalue weighted by Gasteiger charge is -2.14. The Morgan fingerprint density at radius 2 is 0.702 bits per heavy atom. The molecule has 0 spiro atoms. The Bertz CT molecular complexity index is 2000. The van der Waals surface area contributed by atoms with Crippen molar-refractivity contribution in [1.29, 1.82) is 0 Å². The van der Waals surface area contributed by atoms with Gasteiger partial charge in [-0.3, -0.25) is 0 Å². The van der Waals surface area contributed by atoms with Crippen LogP contribution in [0.2, 0.25) is 0 Å². The van der Waals surface area contributed by atoms with Crippen molar-refractivity contribution in [2.75, 3.05) is 0 Å². The van der Waals surface area contributed by atoms with Crippen LogP contribution in [0.4, 0.5) is 35.1 Å². The van der Waals surface area contributed by atoms with Gasteiger partial charge in [-0.2, -0.15) is 0 Å². The molecule has 0 radical (unpaired) electrons. The normalized spacial score (nSPS) is 14.6. The Balaban J connectivity index is 1.22. The molecular formula is C36H22F8O2S.